The lowest BCUT2D eigenvalue weighted by atomic mass is 9.93. The molecule has 3 aromatic rings. The van der Waals surface area contributed by atoms with E-state index in [0.29, 0.717) is 36.4 Å². The molecule has 8 nitrogen and oxygen atoms in total. The molecule has 9 heteroatoms. The Labute approximate surface area is 226 Å². The lowest BCUT2D eigenvalue weighted by molar-refractivity contribution is 0.0733. The standard InChI is InChI=1S/C29H33N5O3S/c1-18-17-38-26(33-18)23-11-6-12-34(23)27(35)22-14-20(15-24-21(22)10-7-13-36-24)25(30)37-28(31)29(2,32)16-19-8-4-3-5-9-19/h3-5,8-9,14-15,17,23,30-31H,6-7,10-13,16,32H2,1-2H3/t23-,29?/m1/s1. The van der Waals surface area contributed by atoms with Gasteiger partial charge in [-0.1, -0.05) is 30.3 Å². The summed E-state index contributed by atoms with van der Waals surface area (Å²) in [6.07, 6.45) is 3.74. The van der Waals surface area contributed by atoms with Crippen LogP contribution in [0.5, 0.6) is 5.75 Å². The highest BCUT2D eigenvalue weighted by molar-refractivity contribution is 7.09. The molecule has 0 radical (unpaired) electrons. The summed E-state index contributed by atoms with van der Waals surface area (Å²) in [4.78, 5) is 20.5. The predicted molar refractivity (Wildman–Crippen MR) is 148 cm³/mol. The number of amides is 1. The van der Waals surface area contributed by atoms with Gasteiger partial charge in [-0.2, -0.15) is 0 Å². The number of likely N-dealkylation sites (tertiary alicyclic amines) is 1. The van der Waals surface area contributed by atoms with Crippen LogP contribution in [0.4, 0.5) is 0 Å². The number of rotatable bonds is 6. The minimum absolute atomic E-state index is 0.0511. The van der Waals surface area contributed by atoms with Gasteiger partial charge >= 0.3 is 0 Å². The molecule has 0 saturated carbocycles. The van der Waals surface area contributed by atoms with Crippen molar-refractivity contribution < 1.29 is 14.3 Å². The monoisotopic (exact) mass is 531 g/mol. The van der Waals surface area contributed by atoms with Gasteiger partial charge in [0.2, 0.25) is 11.8 Å². The number of nitrogens with zero attached hydrogens (tertiary/aromatic N) is 2. The lowest BCUT2D eigenvalue weighted by Gasteiger charge is -2.28. The molecule has 38 heavy (non-hydrogen) atoms. The summed E-state index contributed by atoms with van der Waals surface area (Å²) >= 11 is 1.59. The lowest BCUT2D eigenvalue weighted by Crippen LogP contribution is -2.48. The molecule has 2 aromatic carbocycles. The Bertz CT molecular complexity index is 1370. The normalized spacial score (nSPS) is 18.3. The molecule has 1 aromatic heterocycles. The predicted octanol–water partition coefficient (Wildman–Crippen LogP) is 5.03. The van der Waals surface area contributed by atoms with E-state index in [9.17, 15) is 4.79 Å². The Balaban J connectivity index is 1.40. The Hall–Kier alpha value is -3.56. The van der Waals surface area contributed by atoms with Crippen molar-refractivity contribution in [2.75, 3.05) is 13.2 Å². The first-order valence-corrected chi connectivity index (χ1v) is 13.8. The molecule has 1 amide bonds. The number of aromatic nitrogens is 1. The first-order chi connectivity index (χ1) is 18.2. The van der Waals surface area contributed by atoms with Crippen molar-refractivity contribution in [3.8, 4) is 5.75 Å². The van der Waals surface area contributed by atoms with E-state index in [-0.39, 0.29) is 23.7 Å². The van der Waals surface area contributed by atoms with Gasteiger partial charge in [0.05, 0.1) is 18.2 Å². The van der Waals surface area contributed by atoms with Crippen molar-refractivity contribution in [2.24, 2.45) is 5.73 Å². The fourth-order valence-electron chi connectivity index (χ4n) is 5.11. The number of benzene rings is 2. The number of thiazole rings is 1. The molecule has 5 rings (SSSR count). The molecular weight excluding hydrogens is 498 g/mol. The number of ether oxygens (including phenoxy) is 2. The van der Waals surface area contributed by atoms with E-state index in [2.05, 4.69) is 4.98 Å². The number of aryl methyl sites for hydroxylation is 1. The van der Waals surface area contributed by atoms with Crippen LogP contribution in [0.15, 0.2) is 47.8 Å². The zero-order chi connectivity index (χ0) is 26.9. The van der Waals surface area contributed by atoms with Crippen LogP contribution < -0.4 is 10.5 Å². The van der Waals surface area contributed by atoms with E-state index in [1.807, 2.05) is 47.5 Å². The molecule has 0 bridgehead atoms. The van der Waals surface area contributed by atoms with Crippen LogP contribution in [-0.4, -0.2) is 46.3 Å². The number of fused-ring (bicyclic) bond motifs is 1. The number of carbonyl (C=O) groups excluding carboxylic acids is 1. The van der Waals surface area contributed by atoms with Gasteiger partial charge < -0.3 is 20.1 Å². The molecule has 2 atom stereocenters. The molecule has 3 heterocycles. The van der Waals surface area contributed by atoms with Gasteiger partial charge in [0, 0.05) is 34.3 Å². The summed E-state index contributed by atoms with van der Waals surface area (Å²) < 4.78 is 11.6. The molecular formula is C29H33N5O3S. The highest BCUT2D eigenvalue weighted by Crippen LogP contribution is 2.37. The van der Waals surface area contributed by atoms with E-state index in [4.69, 9.17) is 26.0 Å². The fourth-order valence-corrected chi connectivity index (χ4v) is 6.05. The molecule has 4 N–H and O–H groups in total. The van der Waals surface area contributed by atoms with E-state index in [1.54, 1.807) is 30.4 Å². The zero-order valence-corrected chi connectivity index (χ0v) is 22.6. The third kappa shape index (κ3) is 5.35. The Morgan fingerprint density at radius 3 is 2.79 bits per heavy atom. The molecule has 1 saturated heterocycles. The van der Waals surface area contributed by atoms with Crippen LogP contribution in [0, 0.1) is 17.7 Å². The minimum atomic E-state index is -1.11. The third-order valence-electron chi connectivity index (χ3n) is 7.10. The minimum Gasteiger partial charge on any atom is -0.493 e. The second kappa shape index (κ2) is 10.7. The van der Waals surface area contributed by atoms with Crippen molar-refractivity contribution in [1.29, 1.82) is 10.8 Å². The van der Waals surface area contributed by atoms with Crippen molar-refractivity contribution >= 4 is 29.0 Å². The second-order valence-electron chi connectivity index (χ2n) is 10.3. The molecule has 198 valence electrons. The van der Waals surface area contributed by atoms with E-state index < -0.39 is 5.54 Å². The summed E-state index contributed by atoms with van der Waals surface area (Å²) in [6.45, 7) is 4.89. The van der Waals surface area contributed by atoms with Crippen molar-refractivity contribution in [3.05, 3.63) is 80.8 Å². The number of nitrogens with two attached hydrogens (primary N) is 1. The third-order valence-corrected chi connectivity index (χ3v) is 8.17. The largest absolute Gasteiger partial charge is 0.493 e. The van der Waals surface area contributed by atoms with Crippen LogP contribution in [0.1, 0.15) is 70.0 Å². The van der Waals surface area contributed by atoms with Gasteiger partial charge in [0.25, 0.3) is 5.91 Å². The maximum Gasteiger partial charge on any atom is 0.254 e. The summed E-state index contributed by atoms with van der Waals surface area (Å²) in [6, 6.07) is 13.0. The maximum absolute atomic E-state index is 13.9. The molecule has 2 aliphatic rings. The first-order valence-electron chi connectivity index (χ1n) is 12.9. The Morgan fingerprint density at radius 2 is 2.05 bits per heavy atom. The maximum atomic E-state index is 13.9. The van der Waals surface area contributed by atoms with E-state index in [1.165, 1.54) is 0 Å². The van der Waals surface area contributed by atoms with Crippen LogP contribution >= 0.6 is 11.3 Å². The molecule has 1 fully saturated rings. The number of hydrogen-bond donors (Lipinski definition) is 3. The SMILES string of the molecule is Cc1csc([C@H]2CCCN2C(=O)c2cc(C(=N)OC(=N)C(C)(N)Cc3ccccc3)cc3c2CCCO3)n1. The van der Waals surface area contributed by atoms with E-state index in [0.717, 1.165) is 47.5 Å². The van der Waals surface area contributed by atoms with Gasteiger partial charge in [-0.25, -0.2) is 4.98 Å². The van der Waals surface area contributed by atoms with E-state index >= 15 is 0 Å². The molecule has 2 aliphatic heterocycles. The number of carbonyl (C=O) groups is 1. The zero-order valence-electron chi connectivity index (χ0n) is 21.8. The van der Waals surface area contributed by atoms with Crippen LogP contribution in [0.3, 0.4) is 0 Å². The van der Waals surface area contributed by atoms with Gasteiger partial charge in [-0.3, -0.25) is 15.6 Å². The van der Waals surface area contributed by atoms with Crippen LogP contribution in [0.2, 0.25) is 0 Å². The summed E-state index contributed by atoms with van der Waals surface area (Å²) in [7, 11) is 0. The smallest absolute Gasteiger partial charge is 0.254 e. The Morgan fingerprint density at radius 1 is 1.26 bits per heavy atom. The molecule has 0 aliphatic carbocycles. The second-order valence-corrected chi connectivity index (χ2v) is 11.2. The van der Waals surface area contributed by atoms with Crippen LogP contribution in [-0.2, 0) is 17.6 Å². The Kier molecular flexibility index (Phi) is 7.32. The van der Waals surface area contributed by atoms with Crippen molar-refractivity contribution in [1.82, 2.24) is 9.88 Å². The highest BCUT2D eigenvalue weighted by Gasteiger charge is 2.35. The van der Waals surface area contributed by atoms with Gasteiger partial charge in [0.15, 0.2) is 0 Å². The average Bonchev–Trinajstić information content (AvgIpc) is 3.57. The molecule has 1 unspecified atom stereocenters. The highest BCUT2D eigenvalue weighted by atomic mass is 32.1. The number of hydrogen-bond acceptors (Lipinski definition) is 8. The summed E-state index contributed by atoms with van der Waals surface area (Å²) in [5, 5.41) is 20.1. The van der Waals surface area contributed by atoms with Gasteiger partial charge in [0.1, 0.15) is 10.8 Å². The van der Waals surface area contributed by atoms with Crippen LogP contribution in [0.25, 0.3) is 0 Å². The molecule has 0 spiro atoms. The fraction of sp³-hybridized carbons (Fsp3) is 0.379. The quantitative estimate of drug-likeness (QED) is 0.304. The average molecular weight is 532 g/mol. The first kappa shape index (κ1) is 26.1. The van der Waals surface area contributed by atoms with Crippen molar-refractivity contribution in [3.63, 3.8) is 0 Å². The topological polar surface area (TPSA) is 125 Å². The number of nitrogens with one attached hydrogen (secondary N) is 2. The van der Waals surface area contributed by atoms with Crippen molar-refractivity contribution in [2.45, 2.75) is 57.5 Å². The van der Waals surface area contributed by atoms with Gasteiger partial charge in [-0.05, 0) is 63.6 Å². The summed E-state index contributed by atoms with van der Waals surface area (Å²) in [5.41, 5.74) is 9.03. The summed E-state index contributed by atoms with van der Waals surface area (Å²) in [5.74, 6) is 0.0630. The van der Waals surface area contributed by atoms with Gasteiger partial charge in [-0.15, -0.1) is 11.3 Å².